The second-order valence-electron chi connectivity index (χ2n) is 5.92. The fourth-order valence-electron chi connectivity index (χ4n) is 3.91. The largest absolute Gasteiger partial charge is 0.310 e. The lowest BCUT2D eigenvalue weighted by Gasteiger charge is -2.22. The highest BCUT2D eigenvalue weighted by atomic mass is 32.1. The molecule has 0 spiro atoms. The van der Waals surface area contributed by atoms with Gasteiger partial charge >= 0.3 is 0 Å². The summed E-state index contributed by atoms with van der Waals surface area (Å²) in [6.07, 6.45) is 5.87. The highest BCUT2D eigenvalue weighted by Crippen LogP contribution is 2.44. The summed E-state index contributed by atoms with van der Waals surface area (Å²) in [6, 6.07) is 9.55. The Bertz CT molecular complexity index is 559. The Morgan fingerprint density at radius 1 is 1.17 bits per heavy atom. The molecule has 0 aliphatic heterocycles. The molecule has 4 rings (SSSR count). The molecule has 2 aromatic rings. The first-order valence-corrected chi connectivity index (χ1v) is 7.96. The highest BCUT2D eigenvalue weighted by Gasteiger charge is 2.38. The summed E-state index contributed by atoms with van der Waals surface area (Å²) >= 11 is 1.87. The van der Waals surface area contributed by atoms with Crippen LogP contribution in [0.15, 0.2) is 29.6 Å². The van der Waals surface area contributed by atoms with Gasteiger partial charge in [-0.25, -0.2) is 0 Å². The lowest BCUT2D eigenvalue weighted by molar-refractivity contribution is 0.351. The molecule has 18 heavy (non-hydrogen) atoms. The molecule has 2 heteroatoms. The number of hydrogen-bond acceptors (Lipinski definition) is 2. The van der Waals surface area contributed by atoms with Crippen molar-refractivity contribution in [3.05, 3.63) is 35.2 Å². The average molecular weight is 257 g/mol. The number of benzene rings is 1. The smallest absolute Gasteiger partial charge is 0.0346 e. The van der Waals surface area contributed by atoms with Crippen molar-refractivity contribution in [2.75, 3.05) is 0 Å². The van der Waals surface area contributed by atoms with E-state index in [0.717, 1.165) is 24.4 Å². The second kappa shape index (κ2) is 4.36. The van der Waals surface area contributed by atoms with E-state index in [1.807, 2.05) is 11.3 Å². The molecule has 2 aliphatic carbocycles. The Labute approximate surface area is 112 Å². The minimum Gasteiger partial charge on any atom is -0.310 e. The third-order valence-corrected chi connectivity index (χ3v) is 5.87. The molecular formula is C16H19NS. The molecule has 2 fully saturated rings. The number of thiophene rings is 1. The standard InChI is InChI=1S/C16H19NS/c1-2-4-16-14(3-1)13(10-18-16)9-17-15-8-11-5-6-12(15)7-11/h1-4,10-12,15,17H,5-9H2. The van der Waals surface area contributed by atoms with Gasteiger partial charge in [0.1, 0.15) is 0 Å². The van der Waals surface area contributed by atoms with E-state index in [-0.39, 0.29) is 0 Å². The molecule has 2 aliphatic rings. The Hall–Kier alpha value is -0.860. The summed E-state index contributed by atoms with van der Waals surface area (Å²) in [4.78, 5) is 0. The van der Waals surface area contributed by atoms with E-state index in [9.17, 15) is 0 Å². The first-order chi connectivity index (χ1) is 8.90. The van der Waals surface area contributed by atoms with Crippen molar-refractivity contribution in [1.82, 2.24) is 5.32 Å². The number of nitrogens with one attached hydrogen (secondary N) is 1. The summed E-state index contributed by atoms with van der Waals surface area (Å²) < 4.78 is 1.42. The lowest BCUT2D eigenvalue weighted by Crippen LogP contribution is -2.33. The van der Waals surface area contributed by atoms with Crippen LogP contribution in [0.25, 0.3) is 10.1 Å². The SMILES string of the molecule is c1ccc2c(CNC3CC4CCC3C4)csc2c1. The molecule has 2 bridgehead atoms. The first kappa shape index (κ1) is 11.0. The number of hydrogen-bond donors (Lipinski definition) is 1. The Kier molecular flexibility index (Phi) is 2.66. The van der Waals surface area contributed by atoms with Crippen LogP contribution in [0.3, 0.4) is 0 Å². The van der Waals surface area contributed by atoms with E-state index < -0.39 is 0 Å². The summed E-state index contributed by atoms with van der Waals surface area (Å²) in [7, 11) is 0. The van der Waals surface area contributed by atoms with Crippen molar-refractivity contribution < 1.29 is 0 Å². The zero-order valence-electron chi connectivity index (χ0n) is 10.6. The molecule has 1 aromatic heterocycles. The highest BCUT2D eigenvalue weighted by molar-refractivity contribution is 7.17. The van der Waals surface area contributed by atoms with E-state index in [4.69, 9.17) is 0 Å². The lowest BCUT2D eigenvalue weighted by atomic mass is 9.95. The summed E-state index contributed by atoms with van der Waals surface area (Å²) in [5, 5.41) is 7.58. The van der Waals surface area contributed by atoms with Gasteiger partial charge in [-0.15, -0.1) is 11.3 Å². The van der Waals surface area contributed by atoms with Crippen LogP contribution >= 0.6 is 11.3 Å². The first-order valence-electron chi connectivity index (χ1n) is 7.08. The van der Waals surface area contributed by atoms with Crippen LogP contribution in [0.4, 0.5) is 0 Å². The van der Waals surface area contributed by atoms with Gasteiger partial charge in [0.15, 0.2) is 0 Å². The van der Waals surface area contributed by atoms with Crippen molar-refractivity contribution in [1.29, 1.82) is 0 Å². The van der Waals surface area contributed by atoms with Crippen LogP contribution in [0, 0.1) is 11.8 Å². The van der Waals surface area contributed by atoms with E-state index >= 15 is 0 Å². The minimum atomic E-state index is 0.794. The van der Waals surface area contributed by atoms with Gasteiger partial charge in [0, 0.05) is 17.3 Å². The van der Waals surface area contributed by atoms with Gasteiger partial charge in [0.05, 0.1) is 0 Å². The molecule has 0 amide bonds. The zero-order chi connectivity index (χ0) is 11.9. The molecule has 1 nitrogen and oxygen atoms in total. The third kappa shape index (κ3) is 1.79. The average Bonchev–Trinajstić information content (AvgIpc) is 3.11. The van der Waals surface area contributed by atoms with E-state index in [1.54, 1.807) is 0 Å². The van der Waals surface area contributed by atoms with Gasteiger partial charge in [0.2, 0.25) is 0 Å². The van der Waals surface area contributed by atoms with Gasteiger partial charge in [0.25, 0.3) is 0 Å². The molecular weight excluding hydrogens is 238 g/mol. The van der Waals surface area contributed by atoms with Gasteiger partial charge in [-0.1, -0.05) is 24.6 Å². The van der Waals surface area contributed by atoms with Gasteiger partial charge in [-0.05, 0) is 53.5 Å². The maximum atomic E-state index is 3.81. The van der Waals surface area contributed by atoms with Crippen molar-refractivity contribution >= 4 is 21.4 Å². The Morgan fingerprint density at radius 3 is 2.94 bits per heavy atom. The predicted octanol–water partition coefficient (Wildman–Crippen LogP) is 4.18. The molecule has 1 N–H and O–H groups in total. The van der Waals surface area contributed by atoms with E-state index in [0.29, 0.717) is 0 Å². The number of fused-ring (bicyclic) bond motifs is 3. The summed E-state index contributed by atoms with van der Waals surface area (Å²) in [6.45, 7) is 1.05. The van der Waals surface area contributed by atoms with Crippen molar-refractivity contribution in [2.45, 2.75) is 38.3 Å². The van der Waals surface area contributed by atoms with Crippen LogP contribution in [-0.2, 0) is 6.54 Å². The van der Waals surface area contributed by atoms with E-state index in [2.05, 4.69) is 35.0 Å². The van der Waals surface area contributed by atoms with Gasteiger partial charge < -0.3 is 5.32 Å². The maximum Gasteiger partial charge on any atom is 0.0346 e. The van der Waals surface area contributed by atoms with Crippen LogP contribution in [0.1, 0.15) is 31.2 Å². The molecule has 1 heterocycles. The van der Waals surface area contributed by atoms with Crippen LogP contribution in [0.5, 0.6) is 0 Å². The van der Waals surface area contributed by atoms with Crippen LogP contribution in [0.2, 0.25) is 0 Å². The van der Waals surface area contributed by atoms with Crippen LogP contribution in [-0.4, -0.2) is 6.04 Å². The molecule has 94 valence electrons. The number of rotatable bonds is 3. The normalized spacial score (nSPS) is 30.3. The molecule has 3 atom stereocenters. The van der Waals surface area contributed by atoms with Crippen LogP contribution < -0.4 is 5.32 Å². The van der Waals surface area contributed by atoms with Crippen molar-refractivity contribution in [2.24, 2.45) is 11.8 Å². The molecule has 3 unspecified atom stereocenters. The molecule has 0 radical (unpaired) electrons. The van der Waals surface area contributed by atoms with Gasteiger partial charge in [-0.3, -0.25) is 0 Å². The molecule has 2 saturated carbocycles. The van der Waals surface area contributed by atoms with Crippen molar-refractivity contribution in [3.63, 3.8) is 0 Å². The topological polar surface area (TPSA) is 12.0 Å². The third-order valence-electron chi connectivity index (χ3n) is 4.85. The van der Waals surface area contributed by atoms with E-state index in [1.165, 1.54) is 41.3 Å². The summed E-state index contributed by atoms with van der Waals surface area (Å²) in [5.74, 6) is 2.01. The predicted molar refractivity (Wildman–Crippen MR) is 77.9 cm³/mol. The monoisotopic (exact) mass is 257 g/mol. The maximum absolute atomic E-state index is 3.81. The minimum absolute atomic E-state index is 0.794. The molecule has 1 aromatic carbocycles. The second-order valence-corrected chi connectivity index (χ2v) is 6.83. The quantitative estimate of drug-likeness (QED) is 0.870. The summed E-state index contributed by atoms with van der Waals surface area (Å²) in [5.41, 5.74) is 1.48. The Morgan fingerprint density at radius 2 is 2.11 bits per heavy atom. The van der Waals surface area contributed by atoms with Gasteiger partial charge in [-0.2, -0.15) is 0 Å². The van der Waals surface area contributed by atoms with Crippen molar-refractivity contribution in [3.8, 4) is 0 Å². The molecule has 0 saturated heterocycles. The zero-order valence-corrected chi connectivity index (χ0v) is 11.4. The fraction of sp³-hybridized carbons (Fsp3) is 0.500. The Balaban J connectivity index is 1.48. The fourth-order valence-corrected chi connectivity index (χ4v) is 4.87.